The molecule has 0 N–H and O–H groups in total. The van der Waals surface area contributed by atoms with Crippen molar-refractivity contribution in [2.24, 2.45) is 0 Å². The number of unbranched alkanes of at least 4 members (excludes halogenated alkanes) is 1. The van der Waals surface area contributed by atoms with E-state index in [4.69, 9.17) is 9.47 Å². The maximum absolute atomic E-state index is 12.3. The van der Waals surface area contributed by atoms with Gasteiger partial charge in [-0.25, -0.2) is 4.79 Å². The van der Waals surface area contributed by atoms with E-state index in [0.29, 0.717) is 23.3 Å². The molecule has 4 heteroatoms. The molecule has 0 radical (unpaired) electrons. The zero-order valence-electron chi connectivity index (χ0n) is 13.8. The van der Waals surface area contributed by atoms with E-state index in [1.165, 1.54) is 6.92 Å². The summed E-state index contributed by atoms with van der Waals surface area (Å²) in [5.41, 5.74) is 1.57. The zero-order valence-corrected chi connectivity index (χ0v) is 13.8. The van der Waals surface area contributed by atoms with Crippen LogP contribution >= 0.6 is 0 Å². The molecule has 0 saturated carbocycles. The summed E-state index contributed by atoms with van der Waals surface area (Å²) in [4.78, 5) is 23.6. The smallest absolute Gasteiger partial charge is 0.338 e. The summed E-state index contributed by atoms with van der Waals surface area (Å²) >= 11 is 0. The van der Waals surface area contributed by atoms with Gasteiger partial charge in [-0.05, 0) is 42.8 Å². The number of ether oxygens (including phenoxy) is 2. The number of benzene rings is 2. The quantitative estimate of drug-likeness (QED) is 0.590. The second-order valence-corrected chi connectivity index (χ2v) is 5.37. The first-order valence-corrected chi connectivity index (χ1v) is 7.98. The third-order valence-corrected chi connectivity index (χ3v) is 3.64. The van der Waals surface area contributed by atoms with Gasteiger partial charge in [-0.3, -0.25) is 4.79 Å². The highest BCUT2D eigenvalue weighted by Crippen LogP contribution is 2.33. The van der Waals surface area contributed by atoms with Gasteiger partial charge in [0.25, 0.3) is 0 Å². The first-order valence-electron chi connectivity index (χ1n) is 7.98. The number of hydrogen-bond acceptors (Lipinski definition) is 4. The van der Waals surface area contributed by atoms with Crippen LogP contribution in [-0.4, -0.2) is 18.5 Å². The van der Waals surface area contributed by atoms with Crippen molar-refractivity contribution in [2.45, 2.75) is 40.0 Å². The Hall–Kier alpha value is -2.36. The maximum Gasteiger partial charge on any atom is 0.338 e. The minimum Gasteiger partial charge on any atom is -0.462 e. The van der Waals surface area contributed by atoms with Crippen LogP contribution in [-0.2, 0) is 16.0 Å². The third-order valence-electron chi connectivity index (χ3n) is 3.64. The Kier molecular flexibility index (Phi) is 5.74. The average molecular weight is 314 g/mol. The minimum atomic E-state index is -0.411. The molecule has 4 nitrogen and oxygen atoms in total. The number of hydrogen-bond donors (Lipinski definition) is 0. The molecular weight excluding hydrogens is 292 g/mol. The van der Waals surface area contributed by atoms with Crippen molar-refractivity contribution in [3.05, 3.63) is 41.5 Å². The fraction of sp³-hybridized carbons (Fsp3) is 0.368. The van der Waals surface area contributed by atoms with Gasteiger partial charge >= 0.3 is 11.9 Å². The van der Waals surface area contributed by atoms with Crippen molar-refractivity contribution < 1.29 is 19.1 Å². The fourth-order valence-electron chi connectivity index (χ4n) is 2.64. The molecule has 0 aliphatic rings. The van der Waals surface area contributed by atoms with Crippen LogP contribution in [0.5, 0.6) is 5.75 Å². The number of rotatable bonds is 6. The Morgan fingerprint density at radius 1 is 1.09 bits per heavy atom. The maximum atomic E-state index is 12.3. The molecular formula is C19H22O4. The number of carbonyl (C=O) groups excluding carboxylic acids is 2. The highest BCUT2D eigenvalue weighted by atomic mass is 16.5. The van der Waals surface area contributed by atoms with Crippen LogP contribution in [0.3, 0.4) is 0 Å². The summed E-state index contributed by atoms with van der Waals surface area (Å²) in [7, 11) is 0. The van der Waals surface area contributed by atoms with Gasteiger partial charge in [0.05, 0.1) is 12.2 Å². The van der Waals surface area contributed by atoms with Gasteiger partial charge in [0, 0.05) is 12.3 Å². The fourth-order valence-corrected chi connectivity index (χ4v) is 2.64. The van der Waals surface area contributed by atoms with Gasteiger partial charge in [0.15, 0.2) is 0 Å². The van der Waals surface area contributed by atoms with E-state index < -0.39 is 11.9 Å². The summed E-state index contributed by atoms with van der Waals surface area (Å²) in [6.07, 6.45) is 3.07. The van der Waals surface area contributed by atoms with Crippen molar-refractivity contribution in [2.75, 3.05) is 6.61 Å². The van der Waals surface area contributed by atoms with E-state index in [-0.39, 0.29) is 0 Å². The lowest BCUT2D eigenvalue weighted by Gasteiger charge is -2.14. The molecule has 2 rings (SSSR count). The van der Waals surface area contributed by atoms with E-state index in [0.717, 1.165) is 30.2 Å². The van der Waals surface area contributed by atoms with Crippen molar-refractivity contribution in [3.8, 4) is 5.75 Å². The molecule has 0 fully saturated rings. The topological polar surface area (TPSA) is 52.6 Å². The molecule has 0 heterocycles. The van der Waals surface area contributed by atoms with Crippen LogP contribution in [0.15, 0.2) is 30.3 Å². The van der Waals surface area contributed by atoms with E-state index in [2.05, 4.69) is 6.92 Å². The second-order valence-electron chi connectivity index (χ2n) is 5.37. The van der Waals surface area contributed by atoms with Crippen molar-refractivity contribution in [1.82, 2.24) is 0 Å². The molecule has 0 aliphatic heterocycles. The van der Waals surface area contributed by atoms with E-state index in [9.17, 15) is 9.59 Å². The average Bonchev–Trinajstić information content (AvgIpc) is 2.53. The molecule has 23 heavy (non-hydrogen) atoms. The largest absolute Gasteiger partial charge is 0.462 e. The minimum absolute atomic E-state index is 0.299. The van der Waals surface area contributed by atoms with Crippen LogP contribution in [0.1, 0.15) is 49.5 Å². The van der Waals surface area contributed by atoms with Crippen molar-refractivity contribution in [3.63, 3.8) is 0 Å². The van der Waals surface area contributed by atoms with Gasteiger partial charge < -0.3 is 9.47 Å². The van der Waals surface area contributed by atoms with Gasteiger partial charge in [0.1, 0.15) is 5.75 Å². The lowest BCUT2D eigenvalue weighted by molar-refractivity contribution is -0.131. The Labute approximate surface area is 136 Å². The number of aryl methyl sites for hydroxylation is 1. The second kappa shape index (κ2) is 7.77. The molecule has 2 aromatic rings. The van der Waals surface area contributed by atoms with Gasteiger partial charge in [-0.15, -0.1) is 0 Å². The Bertz CT molecular complexity index is 719. The van der Waals surface area contributed by atoms with Crippen LogP contribution < -0.4 is 4.74 Å². The van der Waals surface area contributed by atoms with Crippen LogP contribution in [0.25, 0.3) is 10.8 Å². The molecule has 122 valence electrons. The predicted molar refractivity (Wildman–Crippen MR) is 89.8 cm³/mol. The summed E-state index contributed by atoms with van der Waals surface area (Å²) in [6.45, 7) is 5.56. The first kappa shape index (κ1) is 17.0. The van der Waals surface area contributed by atoms with E-state index in [1.54, 1.807) is 19.1 Å². The highest BCUT2D eigenvalue weighted by molar-refractivity contribution is 6.08. The molecule has 0 saturated heterocycles. The number of carbonyl (C=O) groups is 2. The van der Waals surface area contributed by atoms with Crippen molar-refractivity contribution in [1.29, 1.82) is 0 Å². The predicted octanol–water partition coefficient (Wildman–Crippen LogP) is 4.28. The summed E-state index contributed by atoms with van der Waals surface area (Å²) in [6, 6.07) is 9.22. The molecule has 0 atom stereocenters. The SMILES string of the molecule is CCCCc1ccc(OC(C)=O)c2c(C(=O)OCC)cccc12. The van der Waals surface area contributed by atoms with Gasteiger partial charge in [-0.2, -0.15) is 0 Å². The molecule has 0 aromatic heterocycles. The van der Waals surface area contributed by atoms with E-state index >= 15 is 0 Å². The molecule has 0 unspecified atom stereocenters. The normalized spacial score (nSPS) is 10.6. The Morgan fingerprint density at radius 2 is 1.87 bits per heavy atom. The first-order chi connectivity index (χ1) is 11.1. The lowest BCUT2D eigenvalue weighted by Crippen LogP contribution is -2.08. The zero-order chi connectivity index (χ0) is 16.8. The standard InChI is InChI=1S/C19H22O4/c1-4-6-8-14-11-12-17(23-13(3)20)18-15(14)9-7-10-16(18)19(21)22-5-2/h7,9-12H,4-6,8H2,1-3H3. The Balaban J connectivity index is 2.65. The van der Waals surface area contributed by atoms with E-state index in [1.807, 2.05) is 18.2 Å². The summed E-state index contributed by atoms with van der Waals surface area (Å²) in [5.74, 6) is -0.415. The monoisotopic (exact) mass is 314 g/mol. The summed E-state index contributed by atoms with van der Waals surface area (Å²) < 4.78 is 10.4. The molecule has 0 bridgehead atoms. The number of fused-ring (bicyclic) bond motifs is 1. The van der Waals surface area contributed by atoms with Gasteiger partial charge in [0.2, 0.25) is 0 Å². The summed E-state index contributed by atoms with van der Waals surface area (Å²) in [5, 5.41) is 1.58. The lowest BCUT2D eigenvalue weighted by atomic mass is 9.96. The third kappa shape index (κ3) is 3.89. The molecule has 0 amide bonds. The Morgan fingerprint density at radius 3 is 2.52 bits per heavy atom. The number of esters is 2. The van der Waals surface area contributed by atoms with Gasteiger partial charge in [-0.1, -0.05) is 31.5 Å². The van der Waals surface area contributed by atoms with Crippen LogP contribution in [0.4, 0.5) is 0 Å². The van der Waals surface area contributed by atoms with Crippen LogP contribution in [0, 0.1) is 0 Å². The highest BCUT2D eigenvalue weighted by Gasteiger charge is 2.17. The van der Waals surface area contributed by atoms with Crippen LogP contribution in [0.2, 0.25) is 0 Å². The molecule has 0 aliphatic carbocycles. The van der Waals surface area contributed by atoms with Crippen molar-refractivity contribution >= 4 is 22.7 Å². The molecule has 0 spiro atoms. The molecule has 2 aromatic carbocycles.